The molecule has 0 aromatic carbocycles. The zero-order valence-corrected chi connectivity index (χ0v) is 6.62. The van der Waals surface area contributed by atoms with E-state index in [2.05, 4.69) is 0 Å². The van der Waals surface area contributed by atoms with Gasteiger partial charge >= 0.3 is 0 Å². The van der Waals surface area contributed by atoms with E-state index in [1.807, 2.05) is 0 Å². The van der Waals surface area contributed by atoms with E-state index in [4.69, 9.17) is 14.8 Å². The van der Waals surface area contributed by atoms with Crippen molar-refractivity contribution in [1.82, 2.24) is 0 Å². The summed E-state index contributed by atoms with van der Waals surface area (Å²) < 4.78 is 17.8. The van der Waals surface area contributed by atoms with Gasteiger partial charge in [-0.15, -0.1) is 12.4 Å². The summed E-state index contributed by atoms with van der Waals surface area (Å²) in [5.41, 5.74) is 5.41. The van der Waals surface area contributed by atoms with Crippen molar-refractivity contribution >= 4 is 23.0 Å². The summed E-state index contributed by atoms with van der Waals surface area (Å²) in [5.74, 6) is 0.918. The van der Waals surface area contributed by atoms with Crippen LogP contribution in [0.25, 0.3) is 0 Å². The van der Waals surface area contributed by atoms with Crippen molar-refractivity contribution in [2.45, 2.75) is 12.5 Å². The molecule has 3 nitrogen and oxygen atoms in total. The van der Waals surface area contributed by atoms with Crippen LogP contribution in [0.1, 0.15) is 6.42 Å². The summed E-state index contributed by atoms with van der Waals surface area (Å²) in [6.07, 6.45) is 0.766. The Morgan fingerprint density at radius 1 is 1.44 bits per heavy atom. The molecule has 5 heteroatoms. The maximum Gasteiger partial charge on any atom is 0.0526 e. The first-order valence-electron chi connectivity index (χ1n) is 2.59. The van der Waals surface area contributed by atoms with Gasteiger partial charge in [0, 0.05) is 11.8 Å². The first kappa shape index (κ1) is 9.52. The SMILES string of the molecule is Cl.N[C@@H]1CCS(O)(O)C1. The average molecular weight is 174 g/mol. The Balaban J connectivity index is 0.000000640. The van der Waals surface area contributed by atoms with E-state index < -0.39 is 10.6 Å². The lowest BCUT2D eigenvalue weighted by Crippen LogP contribution is -2.19. The molecule has 0 amide bonds. The van der Waals surface area contributed by atoms with Gasteiger partial charge in [-0.25, -0.2) is 0 Å². The first-order valence-corrected chi connectivity index (χ1v) is 4.48. The van der Waals surface area contributed by atoms with Crippen LogP contribution in [-0.2, 0) is 0 Å². The van der Waals surface area contributed by atoms with E-state index in [0.717, 1.165) is 6.42 Å². The maximum atomic E-state index is 8.92. The van der Waals surface area contributed by atoms with Crippen LogP contribution in [0.4, 0.5) is 0 Å². The third kappa shape index (κ3) is 2.73. The summed E-state index contributed by atoms with van der Waals surface area (Å²) in [5, 5.41) is 0. The molecule has 0 aromatic rings. The molecule has 1 saturated heterocycles. The molecule has 1 rings (SSSR count). The van der Waals surface area contributed by atoms with E-state index in [1.54, 1.807) is 0 Å². The van der Waals surface area contributed by atoms with E-state index in [9.17, 15) is 0 Å². The summed E-state index contributed by atoms with van der Waals surface area (Å²) in [7, 11) is -2.22. The number of hydrogen-bond acceptors (Lipinski definition) is 3. The largest absolute Gasteiger partial charge is 0.326 e. The molecule has 0 aromatic heterocycles. The molecule has 1 fully saturated rings. The third-order valence-corrected chi connectivity index (χ3v) is 3.15. The standard InChI is InChI=1S/C4H11NO2S.ClH/c5-4-1-2-8(6,7)3-4;/h4,6-7H,1-3,5H2;1H/t4-;/m1./s1. The zero-order valence-electron chi connectivity index (χ0n) is 4.99. The first-order chi connectivity index (χ1) is 3.60. The van der Waals surface area contributed by atoms with Crippen LogP contribution >= 0.6 is 23.0 Å². The van der Waals surface area contributed by atoms with E-state index in [-0.39, 0.29) is 18.4 Å². The van der Waals surface area contributed by atoms with Crippen molar-refractivity contribution in [2.75, 3.05) is 11.5 Å². The van der Waals surface area contributed by atoms with Crippen molar-refractivity contribution in [1.29, 1.82) is 0 Å². The molecule has 0 aliphatic carbocycles. The fraction of sp³-hybridized carbons (Fsp3) is 1.00. The quantitative estimate of drug-likeness (QED) is 0.510. The Morgan fingerprint density at radius 2 is 2.00 bits per heavy atom. The molecule has 1 aliphatic rings. The second kappa shape index (κ2) is 3.07. The molecule has 0 unspecified atom stereocenters. The molecule has 58 valence electrons. The van der Waals surface area contributed by atoms with Gasteiger partial charge in [0.2, 0.25) is 0 Å². The Morgan fingerprint density at radius 3 is 2.11 bits per heavy atom. The van der Waals surface area contributed by atoms with Crippen molar-refractivity contribution in [2.24, 2.45) is 5.73 Å². The Labute approximate surface area is 62.4 Å². The van der Waals surface area contributed by atoms with Crippen LogP contribution in [0.5, 0.6) is 0 Å². The van der Waals surface area contributed by atoms with Gasteiger partial charge in [0.15, 0.2) is 0 Å². The number of nitrogens with two attached hydrogens (primary N) is 1. The van der Waals surface area contributed by atoms with E-state index >= 15 is 0 Å². The van der Waals surface area contributed by atoms with E-state index in [1.165, 1.54) is 0 Å². The van der Waals surface area contributed by atoms with Crippen LogP contribution in [0, 0.1) is 0 Å². The molecule has 1 aliphatic heterocycles. The lowest BCUT2D eigenvalue weighted by atomic mass is 10.3. The second-order valence-electron chi connectivity index (χ2n) is 2.22. The Bertz CT molecular complexity index is 101. The molecule has 1 heterocycles. The fourth-order valence-corrected chi connectivity index (χ4v) is 2.55. The Hall–Kier alpha value is 0.520. The summed E-state index contributed by atoms with van der Waals surface area (Å²) in [4.78, 5) is 0. The van der Waals surface area contributed by atoms with Crippen molar-refractivity contribution in [3.63, 3.8) is 0 Å². The number of halogens is 1. The molecule has 0 radical (unpaired) electrons. The summed E-state index contributed by atoms with van der Waals surface area (Å²) in [6, 6.07) is 0.0278. The highest BCUT2D eigenvalue weighted by molar-refractivity contribution is 8.24. The lowest BCUT2D eigenvalue weighted by Gasteiger charge is -2.25. The van der Waals surface area contributed by atoms with Gasteiger partial charge in [-0.05, 0) is 6.42 Å². The Kier molecular flexibility index (Phi) is 3.25. The fourth-order valence-electron chi connectivity index (χ4n) is 0.850. The van der Waals surface area contributed by atoms with Crippen LogP contribution in [0.3, 0.4) is 0 Å². The molecular formula is C4H12ClNO2S. The van der Waals surface area contributed by atoms with Gasteiger partial charge in [0.1, 0.15) is 0 Å². The second-order valence-corrected chi connectivity index (χ2v) is 4.57. The smallest absolute Gasteiger partial charge is 0.0526 e. The van der Waals surface area contributed by atoms with Crippen molar-refractivity contribution in [3.8, 4) is 0 Å². The highest BCUT2D eigenvalue weighted by atomic mass is 35.5. The minimum atomic E-state index is -2.22. The van der Waals surface area contributed by atoms with Crippen LogP contribution in [0.15, 0.2) is 0 Å². The highest BCUT2D eigenvalue weighted by Gasteiger charge is 2.24. The van der Waals surface area contributed by atoms with Gasteiger partial charge < -0.3 is 5.73 Å². The monoisotopic (exact) mass is 173 g/mol. The average Bonchev–Trinajstić information content (AvgIpc) is 1.82. The minimum absolute atomic E-state index is 0. The number of rotatable bonds is 0. The predicted octanol–water partition coefficient (Wildman–Crippen LogP) is 0.890. The van der Waals surface area contributed by atoms with E-state index in [0.29, 0.717) is 11.5 Å². The lowest BCUT2D eigenvalue weighted by molar-refractivity contribution is 0.494. The molecule has 0 bridgehead atoms. The maximum absolute atomic E-state index is 8.92. The molecule has 0 spiro atoms. The van der Waals surface area contributed by atoms with Gasteiger partial charge in [-0.1, -0.05) is 0 Å². The molecular weight excluding hydrogens is 162 g/mol. The van der Waals surface area contributed by atoms with Crippen molar-refractivity contribution in [3.05, 3.63) is 0 Å². The van der Waals surface area contributed by atoms with Gasteiger partial charge in [0.05, 0.1) is 5.75 Å². The topological polar surface area (TPSA) is 66.5 Å². The van der Waals surface area contributed by atoms with Crippen molar-refractivity contribution < 1.29 is 9.11 Å². The predicted molar refractivity (Wildman–Crippen MR) is 42.4 cm³/mol. The molecule has 9 heavy (non-hydrogen) atoms. The summed E-state index contributed by atoms with van der Waals surface area (Å²) in [6.45, 7) is 0. The van der Waals surface area contributed by atoms with Crippen LogP contribution in [0.2, 0.25) is 0 Å². The number of hydrogen-bond donors (Lipinski definition) is 3. The molecule has 0 saturated carbocycles. The zero-order chi connectivity index (χ0) is 6.20. The highest BCUT2D eigenvalue weighted by Crippen LogP contribution is 2.44. The van der Waals surface area contributed by atoms with Gasteiger partial charge in [0.25, 0.3) is 0 Å². The van der Waals surface area contributed by atoms with Gasteiger partial charge in [-0.2, -0.15) is 10.6 Å². The van der Waals surface area contributed by atoms with Crippen LogP contribution in [-0.4, -0.2) is 26.7 Å². The van der Waals surface area contributed by atoms with Crippen LogP contribution < -0.4 is 5.73 Å². The molecule has 1 atom stereocenters. The minimum Gasteiger partial charge on any atom is -0.326 e. The molecule has 4 N–H and O–H groups in total. The summed E-state index contributed by atoms with van der Waals surface area (Å²) >= 11 is 0. The third-order valence-electron chi connectivity index (χ3n) is 1.30. The normalized spacial score (nSPS) is 35.2. The van der Waals surface area contributed by atoms with Gasteiger partial charge in [-0.3, -0.25) is 9.11 Å².